The molecule has 12 heteroatoms. The zero-order valence-electron chi connectivity index (χ0n) is 15.7. The molecule has 0 aliphatic carbocycles. The third kappa shape index (κ3) is 4.71. The van der Waals surface area contributed by atoms with Gasteiger partial charge in [-0.3, -0.25) is 19.1 Å². The van der Waals surface area contributed by atoms with E-state index in [1.165, 1.54) is 0 Å². The third-order valence-electron chi connectivity index (χ3n) is 3.97. The first-order valence-electron chi connectivity index (χ1n) is 8.80. The van der Waals surface area contributed by atoms with Crippen LogP contribution in [0.5, 0.6) is 0 Å². The summed E-state index contributed by atoms with van der Waals surface area (Å²) in [5.74, 6) is -0.506. The summed E-state index contributed by atoms with van der Waals surface area (Å²) >= 11 is 7.49. The van der Waals surface area contributed by atoms with E-state index in [-0.39, 0.29) is 27.6 Å². The number of para-hydroxylation sites is 1. The molecule has 0 radical (unpaired) electrons. The molecule has 0 aliphatic heterocycles. The topological polar surface area (TPSA) is 129 Å². The second-order valence-corrected chi connectivity index (χ2v) is 8.60. The van der Waals surface area contributed by atoms with Crippen LogP contribution in [-0.4, -0.2) is 37.3 Å². The molecule has 31 heavy (non-hydrogen) atoms. The molecule has 1 aromatic carbocycles. The summed E-state index contributed by atoms with van der Waals surface area (Å²) in [5, 5.41) is 10.9. The maximum atomic E-state index is 12.6. The lowest BCUT2D eigenvalue weighted by Crippen LogP contribution is -2.20. The molecule has 0 bridgehead atoms. The first kappa shape index (κ1) is 20.9. The number of rotatable bonds is 7. The van der Waals surface area contributed by atoms with Crippen LogP contribution in [0.15, 0.2) is 64.5 Å². The number of pyridine rings is 1. The number of anilines is 1. The van der Waals surface area contributed by atoms with Crippen molar-refractivity contribution in [2.75, 3.05) is 11.1 Å². The van der Waals surface area contributed by atoms with Crippen molar-refractivity contribution in [2.24, 2.45) is 5.73 Å². The van der Waals surface area contributed by atoms with E-state index >= 15 is 0 Å². The van der Waals surface area contributed by atoms with Crippen LogP contribution in [0, 0.1) is 3.95 Å². The quantitative estimate of drug-likeness (QED) is 0.310. The Balaban J connectivity index is 1.51. The highest BCUT2D eigenvalue weighted by atomic mass is 32.2. The van der Waals surface area contributed by atoms with E-state index in [0.717, 1.165) is 28.7 Å². The Labute approximate surface area is 189 Å². The molecule has 4 rings (SSSR count). The Morgan fingerprint density at radius 1 is 1.16 bits per heavy atom. The van der Waals surface area contributed by atoms with E-state index in [0.29, 0.717) is 15.5 Å². The monoisotopic (exact) mass is 470 g/mol. The van der Waals surface area contributed by atoms with Crippen LogP contribution in [0.3, 0.4) is 0 Å². The van der Waals surface area contributed by atoms with E-state index in [1.807, 2.05) is 30.3 Å². The van der Waals surface area contributed by atoms with Gasteiger partial charge in [-0.05, 0) is 36.5 Å². The minimum atomic E-state index is -0.673. The fraction of sp³-hybridized carbons (Fsp3) is 0.0526. The number of amides is 2. The predicted molar refractivity (Wildman–Crippen MR) is 120 cm³/mol. The number of primary amides is 1. The molecule has 0 spiro atoms. The molecule has 0 unspecified atom stereocenters. The summed E-state index contributed by atoms with van der Waals surface area (Å²) in [6.45, 7) is 0. The van der Waals surface area contributed by atoms with Crippen molar-refractivity contribution in [3.63, 3.8) is 0 Å². The summed E-state index contributed by atoms with van der Waals surface area (Å²) in [6, 6.07) is 12.6. The molecule has 0 fully saturated rings. The van der Waals surface area contributed by atoms with E-state index < -0.39 is 5.91 Å². The number of carbonyl (C=O) groups is 2. The first-order chi connectivity index (χ1) is 15.0. The normalized spacial score (nSPS) is 10.7. The number of thiazole rings is 1. The number of nitrogens with two attached hydrogens (primary N) is 1. The van der Waals surface area contributed by atoms with Crippen molar-refractivity contribution in [1.29, 1.82) is 0 Å². The molecule has 0 saturated heterocycles. The van der Waals surface area contributed by atoms with Crippen molar-refractivity contribution < 1.29 is 14.0 Å². The fourth-order valence-electron chi connectivity index (χ4n) is 2.64. The van der Waals surface area contributed by atoms with Gasteiger partial charge >= 0.3 is 0 Å². The number of thioether (sulfide) groups is 1. The van der Waals surface area contributed by atoms with Gasteiger partial charge in [-0.25, -0.2) is 0 Å². The van der Waals surface area contributed by atoms with Crippen LogP contribution >= 0.6 is 35.3 Å². The molecule has 2 amide bonds. The Hall–Kier alpha value is -3.35. The standard InChI is InChI=1S/C19H14N6O3S3/c20-15(27)14-16(25(19(29)31-14)12-4-2-1-3-5-12)22-13(26)10-30-18-24-23-17(28-18)11-6-8-21-9-7-11/h1-9H,10H2,(H2,20,27)(H,22,26). The van der Waals surface area contributed by atoms with Gasteiger partial charge in [-0.1, -0.05) is 41.3 Å². The van der Waals surface area contributed by atoms with Gasteiger partial charge in [0.2, 0.25) is 11.8 Å². The third-order valence-corrected chi connectivity index (χ3v) is 6.17. The van der Waals surface area contributed by atoms with Gasteiger partial charge in [0.05, 0.1) is 5.75 Å². The van der Waals surface area contributed by atoms with Crippen LogP contribution in [-0.2, 0) is 4.79 Å². The molecule has 3 N–H and O–H groups in total. The van der Waals surface area contributed by atoms with Gasteiger partial charge in [0.25, 0.3) is 11.1 Å². The van der Waals surface area contributed by atoms with Gasteiger partial charge in [0.1, 0.15) is 10.7 Å². The Morgan fingerprint density at radius 2 is 1.90 bits per heavy atom. The van der Waals surface area contributed by atoms with Crippen LogP contribution in [0.4, 0.5) is 5.82 Å². The summed E-state index contributed by atoms with van der Waals surface area (Å²) in [6.07, 6.45) is 3.23. The highest BCUT2D eigenvalue weighted by Crippen LogP contribution is 2.29. The second kappa shape index (κ2) is 9.20. The molecule has 3 aromatic heterocycles. The molecule has 3 heterocycles. The second-order valence-electron chi connectivity index (χ2n) is 6.03. The highest BCUT2D eigenvalue weighted by molar-refractivity contribution is 7.99. The lowest BCUT2D eigenvalue weighted by molar-refractivity contribution is -0.113. The average molecular weight is 471 g/mol. The van der Waals surface area contributed by atoms with Crippen LogP contribution in [0.1, 0.15) is 9.67 Å². The van der Waals surface area contributed by atoms with Crippen molar-refractivity contribution in [3.8, 4) is 17.1 Å². The van der Waals surface area contributed by atoms with Gasteiger partial charge in [0, 0.05) is 23.6 Å². The lowest BCUT2D eigenvalue weighted by Gasteiger charge is -2.11. The van der Waals surface area contributed by atoms with Gasteiger partial charge in [-0.2, -0.15) is 0 Å². The van der Waals surface area contributed by atoms with Crippen molar-refractivity contribution >= 4 is 52.9 Å². The molecule has 0 atom stereocenters. The smallest absolute Gasteiger partial charge is 0.277 e. The van der Waals surface area contributed by atoms with Gasteiger partial charge in [0.15, 0.2) is 3.95 Å². The summed E-state index contributed by atoms with van der Waals surface area (Å²) in [7, 11) is 0. The van der Waals surface area contributed by atoms with Crippen LogP contribution < -0.4 is 11.1 Å². The lowest BCUT2D eigenvalue weighted by atomic mass is 10.3. The number of nitrogens with one attached hydrogen (secondary N) is 1. The predicted octanol–water partition coefficient (Wildman–Crippen LogP) is 3.54. The van der Waals surface area contributed by atoms with E-state index in [2.05, 4.69) is 20.5 Å². The minimum Gasteiger partial charge on any atom is -0.411 e. The summed E-state index contributed by atoms with van der Waals surface area (Å²) in [5.41, 5.74) is 6.92. The Bertz CT molecular complexity index is 1280. The van der Waals surface area contributed by atoms with Gasteiger partial charge in [-0.15, -0.1) is 10.2 Å². The molecular formula is C19H14N6O3S3. The Morgan fingerprint density at radius 3 is 2.61 bits per heavy atom. The maximum Gasteiger partial charge on any atom is 0.277 e. The molecule has 0 saturated carbocycles. The van der Waals surface area contributed by atoms with Crippen LogP contribution in [0.25, 0.3) is 17.1 Å². The minimum absolute atomic E-state index is 0.0203. The number of hydrogen-bond donors (Lipinski definition) is 2. The molecule has 156 valence electrons. The van der Waals surface area contributed by atoms with E-state index in [9.17, 15) is 9.59 Å². The van der Waals surface area contributed by atoms with Crippen molar-refractivity contribution in [2.45, 2.75) is 5.22 Å². The zero-order chi connectivity index (χ0) is 21.8. The van der Waals surface area contributed by atoms with Crippen LogP contribution in [0.2, 0.25) is 0 Å². The van der Waals surface area contributed by atoms with E-state index in [1.54, 1.807) is 29.1 Å². The largest absolute Gasteiger partial charge is 0.411 e. The maximum absolute atomic E-state index is 12.6. The summed E-state index contributed by atoms with van der Waals surface area (Å²) < 4.78 is 7.57. The highest BCUT2D eigenvalue weighted by Gasteiger charge is 2.21. The number of aromatic nitrogens is 4. The molecular weight excluding hydrogens is 456 g/mol. The molecule has 4 aromatic rings. The summed E-state index contributed by atoms with van der Waals surface area (Å²) in [4.78, 5) is 28.6. The SMILES string of the molecule is NC(=O)c1sc(=S)n(-c2ccccc2)c1NC(=O)CSc1nnc(-c2ccncc2)o1. The first-order valence-corrected chi connectivity index (χ1v) is 11.0. The number of hydrogen-bond acceptors (Lipinski definition) is 9. The fourth-order valence-corrected chi connectivity index (χ4v) is 4.45. The molecule has 0 aliphatic rings. The zero-order valence-corrected chi connectivity index (χ0v) is 18.2. The average Bonchev–Trinajstić information content (AvgIpc) is 3.38. The van der Waals surface area contributed by atoms with E-state index in [4.69, 9.17) is 22.4 Å². The van der Waals surface area contributed by atoms with Crippen molar-refractivity contribution in [1.82, 2.24) is 19.7 Å². The molecule has 9 nitrogen and oxygen atoms in total. The number of nitrogens with zero attached hydrogens (tertiary/aromatic N) is 4. The van der Waals surface area contributed by atoms with Crippen molar-refractivity contribution in [3.05, 3.63) is 63.7 Å². The van der Waals surface area contributed by atoms with Gasteiger partial charge < -0.3 is 15.5 Å². The number of carbonyl (C=O) groups excluding carboxylic acids is 2. The Kier molecular flexibility index (Phi) is 6.21. The number of benzene rings is 1.